The minimum atomic E-state index is -0.186. The SMILES string of the molecule is Cc1ccc2cc(C(=O)Nc3cc(N)ccc3Br)ccc2n1. The second kappa shape index (κ2) is 5.77. The molecule has 3 aromatic rings. The van der Waals surface area contributed by atoms with E-state index in [9.17, 15) is 4.79 Å². The van der Waals surface area contributed by atoms with Crippen molar-refractivity contribution < 1.29 is 4.79 Å². The third-order valence-corrected chi connectivity index (χ3v) is 4.02. The first-order valence-corrected chi connectivity index (χ1v) is 7.56. The third-order valence-electron chi connectivity index (χ3n) is 3.33. The number of benzene rings is 2. The van der Waals surface area contributed by atoms with Crippen molar-refractivity contribution in [3.8, 4) is 0 Å². The molecule has 0 bridgehead atoms. The zero-order valence-corrected chi connectivity index (χ0v) is 13.5. The van der Waals surface area contributed by atoms with Gasteiger partial charge in [0, 0.05) is 26.8 Å². The van der Waals surface area contributed by atoms with E-state index in [2.05, 4.69) is 26.2 Å². The quantitative estimate of drug-likeness (QED) is 0.678. The number of nitrogens with two attached hydrogens (primary N) is 1. The number of nitrogens with zero attached hydrogens (tertiary/aromatic N) is 1. The Balaban J connectivity index is 1.92. The number of amides is 1. The predicted octanol–water partition coefficient (Wildman–Crippen LogP) is 4.14. The molecule has 0 fully saturated rings. The van der Waals surface area contributed by atoms with Crippen LogP contribution in [0.15, 0.2) is 53.0 Å². The number of anilines is 2. The minimum Gasteiger partial charge on any atom is -0.399 e. The summed E-state index contributed by atoms with van der Waals surface area (Å²) in [6.45, 7) is 1.94. The number of hydrogen-bond acceptors (Lipinski definition) is 3. The van der Waals surface area contributed by atoms with Gasteiger partial charge in [0.15, 0.2) is 0 Å². The molecule has 1 heterocycles. The molecule has 4 nitrogen and oxygen atoms in total. The Hall–Kier alpha value is -2.40. The lowest BCUT2D eigenvalue weighted by molar-refractivity contribution is 0.102. The summed E-state index contributed by atoms with van der Waals surface area (Å²) in [5, 5.41) is 3.79. The van der Waals surface area contributed by atoms with Gasteiger partial charge in [0.1, 0.15) is 0 Å². The molecule has 5 heteroatoms. The van der Waals surface area contributed by atoms with E-state index in [1.807, 2.05) is 31.2 Å². The van der Waals surface area contributed by atoms with Crippen LogP contribution in [0.5, 0.6) is 0 Å². The van der Waals surface area contributed by atoms with Crippen molar-refractivity contribution in [1.82, 2.24) is 4.98 Å². The van der Waals surface area contributed by atoms with Gasteiger partial charge in [0.2, 0.25) is 0 Å². The highest BCUT2D eigenvalue weighted by Crippen LogP contribution is 2.25. The number of carbonyl (C=O) groups is 1. The Morgan fingerprint density at radius 1 is 1.14 bits per heavy atom. The smallest absolute Gasteiger partial charge is 0.255 e. The molecule has 0 radical (unpaired) electrons. The zero-order chi connectivity index (χ0) is 15.7. The van der Waals surface area contributed by atoms with Crippen LogP contribution in [0, 0.1) is 6.92 Å². The monoisotopic (exact) mass is 355 g/mol. The van der Waals surface area contributed by atoms with Crippen LogP contribution in [0.4, 0.5) is 11.4 Å². The van der Waals surface area contributed by atoms with Gasteiger partial charge in [-0.1, -0.05) is 6.07 Å². The van der Waals surface area contributed by atoms with Crippen molar-refractivity contribution in [3.05, 3.63) is 64.3 Å². The summed E-state index contributed by atoms with van der Waals surface area (Å²) in [5.74, 6) is -0.186. The van der Waals surface area contributed by atoms with Crippen LogP contribution in [0.3, 0.4) is 0 Å². The molecule has 0 spiro atoms. The number of pyridine rings is 1. The number of rotatable bonds is 2. The molecule has 1 amide bonds. The van der Waals surface area contributed by atoms with Crippen molar-refractivity contribution in [1.29, 1.82) is 0 Å². The van der Waals surface area contributed by atoms with E-state index < -0.39 is 0 Å². The highest BCUT2D eigenvalue weighted by Gasteiger charge is 2.09. The normalized spacial score (nSPS) is 10.6. The van der Waals surface area contributed by atoms with Gasteiger partial charge in [-0.3, -0.25) is 9.78 Å². The van der Waals surface area contributed by atoms with Gasteiger partial charge in [-0.2, -0.15) is 0 Å². The van der Waals surface area contributed by atoms with Gasteiger partial charge in [-0.25, -0.2) is 0 Å². The molecule has 2 aromatic carbocycles. The fourth-order valence-electron chi connectivity index (χ4n) is 2.20. The molecule has 0 aliphatic rings. The van der Waals surface area contributed by atoms with Crippen LogP contribution >= 0.6 is 15.9 Å². The predicted molar refractivity (Wildman–Crippen MR) is 93.0 cm³/mol. The largest absolute Gasteiger partial charge is 0.399 e. The fourth-order valence-corrected chi connectivity index (χ4v) is 2.55. The first-order valence-electron chi connectivity index (χ1n) is 6.77. The first-order chi connectivity index (χ1) is 10.5. The molecule has 3 rings (SSSR count). The Bertz CT molecular complexity index is 877. The van der Waals surface area contributed by atoms with Crippen molar-refractivity contribution in [2.24, 2.45) is 0 Å². The summed E-state index contributed by atoms with van der Waals surface area (Å²) in [7, 11) is 0. The maximum Gasteiger partial charge on any atom is 0.255 e. The number of carbonyl (C=O) groups excluding carboxylic acids is 1. The average Bonchev–Trinajstić information content (AvgIpc) is 2.50. The van der Waals surface area contributed by atoms with E-state index in [1.165, 1.54) is 0 Å². The lowest BCUT2D eigenvalue weighted by Gasteiger charge is -2.09. The third kappa shape index (κ3) is 2.94. The summed E-state index contributed by atoms with van der Waals surface area (Å²) in [5.41, 5.74) is 9.39. The van der Waals surface area contributed by atoms with Gasteiger partial charge >= 0.3 is 0 Å². The molecule has 3 N–H and O–H groups in total. The second-order valence-electron chi connectivity index (χ2n) is 5.05. The van der Waals surface area contributed by atoms with Gasteiger partial charge in [-0.05, 0) is 65.3 Å². The van der Waals surface area contributed by atoms with E-state index in [4.69, 9.17) is 5.73 Å². The second-order valence-corrected chi connectivity index (χ2v) is 5.91. The van der Waals surface area contributed by atoms with Crippen LogP contribution < -0.4 is 11.1 Å². The van der Waals surface area contributed by atoms with Gasteiger partial charge in [0.05, 0.1) is 11.2 Å². The summed E-state index contributed by atoms with van der Waals surface area (Å²) in [6, 6.07) is 14.6. The highest BCUT2D eigenvalue weighted by molar-refractivity contribution is 9.10. The van der Waals surface area contributed by atoms with Crippen molar-refractivity contribution in [2.45, 2.75) is 6.92 Å². The number of hydrogen-bond donors (Lipinski definition) is 2. The van der Waals surface area contributed by atoms with Crippen molar-refractivity contribution in [3.63, 3.8) is 0 Å². The van der Waals surface area contributed by atoms with E-state index >= 15 is 0 Å². The van der Waals surface area contributed by atoms with E-state index in [0.29, 0.717) is 16.9 Å². The first kappa shape index (κ1) is 14.5. The van der Waals surface area contributed by atoms with Crippen LogP contribution in [0.2, 0.25) is 0 Å². The Morgan fingerprint density at radius 3 is 2.77 bits per heavy atom. The molecule has 0 saturated carbocycles. The van der Waals surface area contributed by atoms with Crippen LogP contribution in [0.25, 0.3) is 10.9 Å². The average molecular weight is 356 g/mol. The number of aryl methyl sites for hydroxylation is 1. The fraction of sp³-hybridized carbons (Fsp3) is 0.0588. The lowest BCUT2D eigenvalue weighted by Crippen LogP contribution is -2.12. The van der Waals surface area contributed by atoms with Crippen molar-refractivity contribution in [2.75, 3.05) is 11.1 Å². The summed E-state index contributed by atoms with van der Waals surface area (Å²) < 4.78 is 0.785. The van der Waals surface area contributed by atoms with Gasteiger partial charge in [-0.15, -0.1) is 0 Å². The van der Waals surface area contributed by atoms with Crippen LogP contribution in [-0.2, 0) is 0 Å². The molecule has 0 aliphatic carbocycles. The summed E-state index contributed by atoms with van der Waals surface area (Å²) in [4.78, 5) is 16.8. The number of aromatic nitrogens is 1. The standard InChI is InChI=1S/C17H14BrN3O/c1-10-2-3-11-8-12(4-7-15(11)20-10)17(22)21-16-9-13(19)5-6-14(16)18/h2-9H,19H2,1H3,(H,21,22). The van der Waals surface area contributed by atoms with Crippen molar-refractivity contribution >= 4 is 44.1 Å². The maximum absolute atomic E-state index is 12.4. The summed E-state index contributed by atoms with van der Waals surface area (Å²) in [6.07, 6.45) is 0. The Labute approximate surface area is 136 Å². The molecular formula is C17H14BrN3O. The van der Waals surface area contributed by atoms with Crippen LogP contribution in [0.1, 0.15) is 16.1 Å². The van der Waals surface area contributed by atoms with E-state index in [-0.39, 0.29) is 5.91 Å². The Kier molecular flexibility index (Phi) is 3.81. The number of fused-ring (bicyclic) bond motifs is 1. The minimum absolute atomic E-state index is 0.186. The lowest BCUT2D eigenvalue weighted by atomic mass is 10.1. The number of nitrogens with one attached hydrogen (secondary N) is 1. The van der Waals surface area contributed by atoms with E-state index in [1.54, 1.807) is 24.3 Å². The molecule has 0 atom stereocenters. The molecule has 0 saturated heterocycles. The van der Waals surface area contributed by atoms with Gasteiger partial charge in [0.25, 0.3) is 5.91 Å². The molecule has 110 valence electrons. The summed E-state index contributed by atoms with van der Waals surface area (Å²) >= 11 is 3.40. The highest BCUT2D eigenvalue weighted by atomic mass is 79.9. The Morgan fingerprint density at radius 2 is 1.95 bits per heavy atom. The van der Waals surface area contributed by atoms with Gasteiger partial charge < -0.3 is 11.1 Å². The molecule has 22 heavy (non-hydrogen) atoms. The number of halogens is 1. The maximum atomic E-state index is 12.4. The molecule has 1 aromatic heterocycles. The number of nitrogen functional groups attached to an aromatic ring is 1. The topological polar surface area (TPSA) is 68.0 Å². The van der Waals surface area contributed by atoms with Crippen LogP contribution in [-0.4, -0.2) is 10.9 Å². The molecule has 0 aliphatic heterocycles. The van der Waals surface area contributed by atoms with E-state index in [0.717, 1.165) is 21.1 Å². The molecular weight excluding hydrogens is 342 g/mol. The zero-order valence-electron chi connectivity index (χ0n) is 11.9. The molecule has 0 unspecified atom stereocenters.